The first-order valence-electron chi connectivity index (χ1n) is 9.39. The fraction of sp³-hybridized carbons (Fsp3) is 0.0870. The molecule has 0 aliphatic heterocycles. The highest BCUT2D eigenvalue weighted by Gasteiger charge is 2.17. The number of Topliss-reactive ketones (excluding diaryl/α,β-unsaturated/α-hetero) is 1. The van der Waals surface area contributed by atoms with Crippen LogP contribution in [0.3, 0.4) is 0 Å². The van der Waals surface area contributed by atoms with Crippen molar-refractivity contribution in [1.29, 1.82) is 0 Å². The van der Waals surface area contributed by atoms with Crippen LogP contribution in [0.1, 0.15) is 10.4 Å². The van der Waals surface area contributed by atoms with Gasteiger partial charge in [0.1, 0.15) is 5.75 Å². The molecule has 3 aromatic carbocycles. The second-order valence-electron chi connectivity index (χ2n) is 6.46. The van der Waals surface area contributed by atoms with Crippen molar-refractivity contribution in [3.63, 3.8) is 0 Å². The Bertz CT molecular complexity index is 1150. The molecule has 1 aromatic heterocycles. The molecule has 0 aliphatic rings. The lowest BCUT2D eigenvalue weighted by atomic mass is 10.1. The molecule has 0 saturated carbocycles. The maximum atomic E-state index is 12.6. The topological polar surface area (TPSA) is 57.0 Å². The van der Waals surface area contributed by atoms with E-state index in [1.165, 1.54) is 36.0 Å². The number of alkyl halides is 2. The normalized spacial score (nSPS) is 10.9. The van der Waals surface area contributed by atoms with Crippen molar-refractivity contribution in [2.45, 2.75) is 11.8 Å². The molecule has 8 heteroatoms. The zero-order valence-electron chi connectivity index (χ0n) is 16.2. The van der Waals surface area contributed by atoms with Gasteiger partial charge in [0.15, 0.2) is 16.8 Å². The standard InChI is InChI=1S/C23H17F2N3O2S/c24-22(25)30-19-13-11-16(12-14-19)20(29)15-31-23-27-26-21(17-7-3-1-4-8-17)28(23)18-9-5-2-6-10-18/h1-14,22H,15H2. The highest BCUT2D eigenvalue weighted by Crippen LogP contribution is 2.28. The van der Waals surface area contributed by atoms with Gasteiger partial charge in [-0.15, -0.1) is 10.2 Å². The largest absolute Gasteiger partial charge is 0.435 e. The Labute approximate surface area is 181 Å². The van der Waals surface area contributed by atoms with Crippen molar-refractivity contribution in [1.82, 2.24) is 14.8 Å². The third-order valence-corrected chi connectivity index (χ3v) is 5.34. The minimum atomic E-state index is -2.90. The second-order valence-corrected chi connectivity index (χ2v) is 7.40. The fourth-order valence-electron chi connectivity index (χ4n) is 2.98. The van der Waals surface area contributed by atoms with Crippen LogP contribution >= 0.6 is 11.8 Å². The fourth-order valence-corrected chi connectivity index (χ4v) is 3.83. The summed E-state index contributed by atoms with van der Waals surface area (Å²) in [6.45, 7) is -2.90. The van der Waals surface area contributed by atoms with Crippen LogP contribution in [0.5, 0.6) is 5.75 Å². The van der Waals surface area contributed by atoms with Crippen LogP contribution in [0.25, 0.3) is 17.1 Å². The molecule has 0 N–H and O–H groups in total. The summed E-state index contributed by atoms with van der Waals surface area (Å²) in [5.41, 5.74) is 2.20. The first kappa shape index (κ1) is 20.7. The average molecular weight is 437 g/mol. The van der Waals surface area contributed by atoms with Gasteiger partial charge in [-0.05, 0) is 36.4 Å². The molecule has 0 aliphatic carbocycles. The van der Waals surface area contributed by atoms with Crippen LogP contribution in [-0.4, -0.2) is 32.9 Å². The number of halogens is 2. The molecule has 0 bridgehead atoms. The van der Waals surface area contributed by atoms with Gasteiger partial charge in [-0.2, -0.15) is 8.78 Å². The maximum Gasteiger partial charge on any atom is 0.387 e. The van der Waals surface area contributed by atoms with E-state index in [1.807, 2.05) is 65.2 Å². The Morgan fingerprint density at radius 1 is 0.903 bits per heavy atom. The minimum Gasteiger partial charge on any atom is -0.435 e. The third-order valence-electron chi connectivity index (χ3n) is 4.41. The van der Waals surface area contributed by atoms with Crippen molar-refractivity contribution < 1.29 is 18.3 Å². The summed E-state index contributed by atoms with van der Waals surface area (Å²) < 4.78 is 30.8. The van der Waals surface area contributed by atoms with Gasteiger partial charge < -0.3 is 4.74 Å². The Kier molecular flexibility index (Phi) is 6.37. The van der Waals surface area contributed by atoms with Crippen molar-refractivity contribution in [2.75, 3.05) is 5.75 Å². The number of carbonyl (C=O) groups excluding carboxylic acids is 1. The van der Waals surface area contributed by atoms with Gasteiger partial charge in [-0.25, -0.2) is 0 Å². The molecule has 31 heavy (non-hydrogen) atoms. The zero-order valence-corrected chi connectivity index (χ0v) is 17.0. The number of aromatic nitrogens is 3. The molecule has 156 valence electrons. The second kappa shape index (κ2) is 9.53. The molecule has 1 heterocycles. The van der Waals surface area contributed by atoms with Crippen molar-refractivity contribution in [2.24, 2.45) is 0 Å². The summed E-state index contributed by atoms with van der Waals surface area (Å²) in [5.74, 6) is 0.651. The third kappa shape index (κ3) is 4.97. The van der Waals surface area contributed by atoms with Crippen LogP contribution in [0.2, 0.25) is 0 Å². The molecular formula is C23H17F2N3O2S. The molecular weight excluding hydrogens is 420 g/mol. The van der Waals surface area contributed by atoms with E-state index in [-0.39, 0.29) is 17.3 Å². The average Bonchev–Trinajstić information content (AvgIpc) is 3.23. The Hall–Kier alpha value is -3.52. The molecule has 0 saturated heterocycles. The molecule has 4 aromatic rings. The van der Waals surface area contributed by atoms with Crippen molar-refractivity contribution in [3.8, 4) is 22.8 Å². The summed E-state index contributed by atoms with van der Waals surface area (Å²) in [6.07, 6.45) is 0. The van der Waals surface area contributed by atoms with Crippen LogP contribution < -0.4 is 4.74 Å². The van der Waals surface area contributed by atoms with Crippen LogP contribution in [0, 0.1) is 0 Å². The number of benzene rings is 3. The maximum absolute atomic E-state index is 12.6. The number of para-hydroxylation sites is 1. The first-order valence-corrected chi connectivity index (χ1v) is 10.4. The lowest BCUT2D eigenvalue weighted by molar-refractivity contribution is -0.0498. The van der Waals surface area contributed by atoms with Crippen LogP contribution in [0.15, 0.2) is 90.1 Å². The highest BCUT2D eigenvalue weighted by atomic mass is 32.2. The van der Waals surface area contributed by atoms with Crippen LogP contribution in [0.4, 0.5) is 8.78 Å². The predicted molar refractivity (Wildman–Crippen MR) is 115 cm³/mol. The number of ketones is 1. The van der Waals surface area contributed by atoms with Gasteiger partial charge in [0.25, 0.3) is 0 Å². The Balaban J connectivity index is 1.56. The van der Waals surface area contributed by atoms with Gasteiger partial charge in [0.2, 0.25) is 0 Å². The molecule has 0 spiro atoms. The summed E-state index contributed by atoms with van der Waals surface area (Å²) in [6, 6.07) is 25.0. The van der Waals surface area contributed by atoms with Crippen molar-refractivity contribution >= 4 is 17.5 Å². The van der Waals surface area contributed by atoms with Gasteiger partial charge in [-0.3, -0.25) is 9.36 Å². The molecule has 0 radical (unpaired) electrons. The van der Waals surface area contributed by atoms with E-state index in [4.69, 9.17) is 0 Å². The molecule has 0 unspecified atom stereocenters. The molecule has 0 amide bonds. The van der Waals surface area contributed by atoms with Crippen molar-refractivity contribution in [3.05, 3.63) is 90.5 Å². The number of hydrogen-bond donors (Lipinski definition) is 0. The number of rotatable bonds is 8. The quantitative estimate of drug-likeness (QED) is 0.269. The molecule has 4 rings (SSSR count). The van der Waals surface area contributed by atoms with Gasteiger partial charge in [-0.1, -0.05) is 60.3 Å². The summed E-state index contributed by atoms with van der Waals surface area (Å²) >= 11 is 1.26. The highest BCUT2D eigenvalue weighted by molar-refractivity contribution is 7.99. The molecule has 5 nitrogen and oxygen atoms in total. The number of hydrogen-bond acceptors (Lipinski definition) is 5. The van der Waals surface area contributed by atoms with E-state index >= 15 is 0 Å². The van der Waals surface area contributed by atoms with E-state index in [2.05, 4.69) is 14.9 Å². The van der Waals surface area contributed by atoms with Gasteiger partial charge in [0.05, 0.1) is 5.75 Å². The minimum absolute atomic E-state index is 0.00975. The van der Waals surface area contributed by atoms with Gasteiger partial charge in [0, 0.05) is 16.8 Å². The lowest BCUT2D eigenvalue weighted by Gasteiger charge is -2.10. The Morgan fingerprint density at radius 3 is 2.19 bits per heavy atom. The van der Waals surface area contributed by atoms with E-state index < -0.39 is 6.61 Å². The predicted octanol–water partition coefficient (Wildman–Crippen LogP) is 5.51. The van der Waals surface area contributed by atoms with E-state index in [1.54, 1.807) is 0 Å². The first-order chi connectivity index (χ1) is 15.1. The molecule has 0 fully saturated rings. The van der Waals surface area contributed by atoms with Gasteiger partial charge >= 0.3 is 6.61 Å². The number of nitrogens with zero attached hydrogens (tertiary/aromatic N) is 3. The smallest absolute Gasteiger partial charge is 0.387 e. The SMILES string of the molecule is O=C(CSc1nnc(-c2ccccc2)n1-c1ccccc1)c1ccc(OC(F)F)cc1. The lowest BCUT2D eigenvalue weighted by Crippen LogP contribution is -2.06. The number of thioether (sulfide) groups is 1. The number of carbonyl (C=O) groups is 1. The summed E-state index contributed by atoms with van der Waals surface area (Å²) in [4.78, 5) is 12.6. The number of ether oxygens (including phenoxy) is 1. The summed E-state index contributed by atoms with van der Waals surface area (Å²) in [7, 11) is 0. The molecule has 0 atom stereocenters. The zero-order chi connectivity index (χ0) is 21.6. The van der Waals surface area contributed by atoms with Crippen LogP contribution in [-0.2, 0) is 0 Å². The Morgan fingerprint density at radius 2 is 1.55 bits per heavy atom. The summed E-state index contributed by atoms with van der Waals surface area (Å²) in [5, 5.41) is 9.23. The van der Waals surface area contributed by atoms with E-state index in [0.717, 1.165) is 11.3 Å². The monoisotopic (exact) mass is 437 g/mol. The van der Waals surface area contributed by atoms with E-state index in [9.17, 15) is 13.6 Å². The van der Waals surface area contributed by atoms with E-state index in [0.29, 0.717) is 16.5 Å².